The number of nitrogens with one attached hydrogen (secondary N) is 1. The predicted molar refractivity (Wildman–Crippen MR) is 118 cm³/mol. The van der Waals surface area contributed by atoms with E-state index in [1.165, 1.54) is 36.8 Å². The van der Waals surface area contributed by atoms with E-state index in [2.05, 4.69) is 41.4 Å². The minimum absolute atomic E-state index is 0.0479. The summed E-state index contributed by atoms with van der Waals surface area (Å²) in [5, 5.41) is 3.12. The van der Waals surface area contributed by atoms with E-state index in [4.69, 9.17) is 4.74 Å². The predicted octanol–water partition coefficient (Wildman–Crippen LogP) is 4.72. The molecule has 29 heavy (non-hydrogen) atoms. The molecule has 0 aliphatic carbocycles. The zero-order chi connectivity index (χ0) is 20.6. The number of hydrogen-bond acceptors (Lipinski definition) is 3. The Morgan fingerprint density at radius 1 is 0.966 bits per heavy atom. The van der Waals surface area contributed by atoms with Crippen molar-refractivity contribution < 1.29 is 9.53 Å². The quantitative estimate of drug-likeness (QED) is 0.738. The lowest BCUT2D eigenvalue weighted by Gasteiger charge is -2.31. The van der Waals surface area contributed by atoms with Gasteiger partial charge >= 0.3 is 0 Å². The summed E-state index contributed by atoms with van der Waals surface area (Å²) >= 11 is 0. The number of rotatable bonds is 7. The topological polar surface area (TPSA) is 41.6 Å². The van der Waals surface area contributed by atoms with Crippen LogP contribution in [0.15, 0.2) is 42.5 Å². The van der Waals surface area contributed by atoms with Crippen molar-refractivity contribution in [2.24, 2.45) is 0 Å². The highest BCUT2D eigenvalue weighted by molar-refractivity contribution is 5.77. The summed E-state index contributed by atoms with van der Waals surface area (Å²) in [4.78, 5) is 15.1. The molecule has 4 nitrogen and oxygen atoms in total. The summed E-state index contributed by atoms with van der Waals surface area (Å²) in [7, 11) is 0. The van der Waals surface area contributed by atoms with E-state index in [-0.39, 0.29) is 18.6 Å². The maximum Gasteiger partial charge on any atom is 0.258 e. The standard InChI is InChI=1S/C25H34N2O2/c1-19-11-13-22(14-12-19)23(27-15-6-4-5-7-16-27)17-26-24(28)18-29-25-20(2)9-8-10-21(25)3/h8-14,23H,4-7,15-18H2,1-3H3,(H,26,28)/t23-/m0/s1. The number of amides is 1. The molecule has 0 unspecified atom stereocenters. The van der Waals surface area contributed by atoms with Gasteiger partial charge in [0, 0.05) is 6.54 Å². The lowest BCUT2D eigenvalue weighted by Crippen LogP contribution is -2.40. The van der Waals surface area contributed by atoms with Crippen LogP contribution in [0.2, 0.25) is 0 Å². The Kier molecular flexibility index (Phi) is 7.70. The van der Waals surface area contributed by atoms with Crippen LogP contribution in [-0.4, -0.2) is 37.0 Å². The molecule has 1 N–H and O–H groups in total. The molecule has 2 aromatic rings. The Morgan fingerprint density at radius 3 is 2.21 bits per heavy atom. The second kappa shape index (κ2) is 10.4. The first-order valence-corrected chi connectivity index (χ1v) is 10.8. The van der Waals surface area contributed by atoms with Crippen LogP contribution >= 0.6 is 0 Å². The molecule has 1 amide bonds. The number of carbonyl (C=O) groups is 1. The van der Waals surface area contributed by atoms with Crippen molar-refractivity contribution in [1.82, 2.24) is 10.2 Å². The van der Waals surface area contributed by atoms with Crippen molar-refractivity contribution in [3.8, 4) is 5.75 Å². The number of benzene rings is 2. The second-order valence-corrected chi connectivity index (χ2v) is 8.19. The van der Waals surface area contributed by atoms with Crippen LogP contribution in [0.3, 0.4) is 0 Å². The number of hydrogen-bond donors (Lipinski definition) is 1. The number of ether oxygens (including phenoxy) is 1. The highest BCUT2D eigenvalue weighted by Gasteiger charge is 2.22. The molecule has 1 fully saturated rings. The van der Waals surface area contributed by atoms with Crippen LogP contribution < -0.4 is 10.1 Å². The van der Waals surface area contributed by atoms with Gasteiger partial charge in [0.2, 0.25) is 0 Å². The van der Waals surface area contributed by atoms with E-state index in [9.17, 15) is 4.79 Å². The number of aryl methyl sites for hydroxylation is 3. The molecule has 3 rings (SSSR count). The van der Waals surface area contributed by atoms with E-state index < -0.39 is 0 Å². The van der Waals surface area contributed by atoms with Crippen LogP contribution in [0.25, 0.3) is 0 Å². The van der Waals surface area contributed by atoms with Gasteiger partial charge in [0.05, 0.1) is 6.04 Å². The van der Waals surface area contributed by atoms with Gasteiger partial charge in [-0.05, 0) is 63.4 Å². The largest absolute Gasteiger partial charge is 0.483 e. The van der Waals surface area contributed by atoms with E-state index in [0.717, 1.165) is 30.0 Å². The minimum Gasteiger partial charge on any atom is -0.483 e. The lowest BCUT2D eigenvalue weighted by atomic mass is 10.0. The summed E-state index contributed by atoms with van der Waals surface area (Å²) < 4.78 is 5.82. The Labute approximate surface area is 175 Å². The first-order valence-electron chi connectivity index (χ1n) is 10.8. The van der Waals surface area contributed by atoms with Crippen LogP contribution in [0.4, 0.5) is 0 Å². The van der Waals surface area contributed by atoms with Gasteiger partial charge in [-0.25, -0.2) is 0 Å². The Balaban J connectivity index is 1.62. The van der Waals surface area contributed by atoms with Crippen molar-refractivity contribution in [3.63, 3.8) is 0 Å². The summed E-state index contributed by atoms with van der Waals surface area (Å²) in [6.45, 7) is 8.96. The molecule has 4 heteroatoms. The molecule has 1 atom stereocenters. The molecule has 1 saturated heterocycles. The molecule has 0 radical (unpaired) electrons. The summed E-state index contributed by atoms with van der Waals surface area (Å²) in [5.74, 6) is 0.741. The normalized spacial score (nSPS) is 16.1. The van der Waals surface area contributed by atoms with Gasteiger partial charge in [0.1, 0.15) is 5.75 Å². The third kappa shape index (κ3) is 6.07. The molecule has 0 aromatic heterocycles. The number of nitrogens with zero attached hydrogens (tertiary/aromatic N) is 1. The average Bonchev–Trinajstić information content (AvgIpc) is 2.98. The van der Waals surface area contributed by atoms with E-state index in [1.54, 1.807) is 0 Å². The second-order valence-electron chi connectivity index (χ2n) is 8.19. The number of para-hydroxylation sites is 1. The molecule has 0 spiro atoms. The summed E-state index contributed by atoms with van der Waals surface area (Å²) in [5.41, 5.74) is 4.64. The lowest BCUT2D eigenvalue weighted by molar-refractivity contribution is -0.123. The van der Waals surface area contributed by atoms with Crippen molar-refractivity contribution in [2.75, 3.05) is 26.2 Å². The van der Waals surface area contributed by atoms with Crippen LogP contribution in [0.1, 0.15) is 54.0 Å². The monoisotopic (exact) mass is 394 g/mol. The maximum absolute atomic E-state index is 12.5. The smallest absolute Gasteiger partial charge is 0.258 e. The van der Waals surface area contributed by atoms with Gasteiger partial charge in [-0.3, -0.25) is 9.69 Å². The first-order chi connectivity index (χ1) is 14.0. The molecular weight excluding hydrogens is 360 g/mol. The Bertz CT molecular complexity index is 773. The van der Waals surface area contributed by atoms with Crippen molar-refractivity contribution >= 4 is 5.91 Å². The summed E-state index contributed by atoms with van der Waals surface area (Å²) in [6, 6.07) is 14.9. The highest BCUT2D eigenvalue weighted by atomic mass is 16.5. The van der Waals surface area contributed by atoms with E-state index >= 15 is 0 Å². The molecule has 1 heterocycles. The molecule has 0 bridgehead atoms. The van der Waals surface area contributed by atoms with Crippen LogP contribution in [0, 0.1) is 20.8 Å². The molecule has 1 aliphatic rings. The minimum atomic E-state index is -0.0698. The fraction of sp³-hybridized carbons (Fsp3) is 0.480. The Hall–Kier alpha value is -2.33. The molecule has 2 aromatic carbocycles. The molecule has 1 aliphatic heterocycles. The number of carbonyl (C=O) groups excluding carboxylic acids is 1. The van der Waals surface area contributed by atoms with Crippen molar-refractivity contribution in [2.45, 2.75) is 52.5 Å². The van der Waals surface area contributed by atoms with Crippen molar-refractivity contribution in [1.29, 1.82) is 0 Å². The van der Waals surface area contributed by atoms with Crippen LogP contribution in [-0.2, 0) is 4.79 Å². The van der Waals surface area contributed by atoms with E-state index in [0.29, 0.717) is 6.54 Å². The van der Waals surface area contributed by atoms with Crippen molar-refractivity contribution in [3.05, 3.63) is 64.7 Å². The maximum atomic E-state index is 12.5. The van der Waals surface area contributed by atoms with Gasteiger partial charge in [-0.1, -0.05) is 60.9 Å². The van der Waals surface area contributed by atoms with Gasteiger partial charge in [-0.2, -0.15) is 0 Å². The van der Waals surface area contributed by atoms with Crippen LogP contribution in [0.5, 0.6) is 5.75 Å². The molecular formula is C25H34N2O2. The zero-order valence-corrected chi connectivity index (χ0v) is 18.0. The third-order valence-electron chi connectivity index (χ3n) is 5.79. The highest BCUT2D eigenvalue weighted by Crippen LogP contribution is 2.25. The zero-order valence-electron chi connectivity index (χ0n) is 18.0. The Morgan fingerprint density at radius 2 is 1.59 bits per heavy atom. The van der Waals surface area contributed by atoms with Gasteiger partial charge in [-0.15, -0.1) is 0 Å². The number of likely N-dealkylation sites (tertiary alicyclic amines) is 1. The molecule has 156 valence electrons. The SMILES string of the molecule is Cc1ccc([C@H](CNC(=O)COc2c(C)cccc2C)N2CCCCCC2)cc1. The average molecular weight is 395 g/mol. The van der Waals surface area contributed by atoms with Gasteiger partial charge < -0.3 is 10.1 Å². The first kappa shape index (κ1) is 21.4. The fourth-order valence-corrected chi connectivity index (χ4v) is 4.08. The van der Waals surface area contributed by atoms with Gasteiger partial charge in [0.25, 0.3) is 5.91 Å². The van der Waals surface area contributed by atoms with Gasteiger partial charge in [0.15, 0.2) is 6.61 Å². The molecule has 0 saturated carbocycles. The summed E-state index contributed by atoms with van der Waals surface area (Å²) in [6.07, 6.45) is 5.05. The third-order valence-corrected chi connectivity index (χ3v) is 5.79. The van der Waals surface area contributed by atoms with E-state index in [1.807, 2.05) is 32.0 Å². The fourth-order valence-electron chi connectivity index (χ4n) is 4.08.